The molecule has 152 valence electrons. The normalized spacial score (nSPS) is 11.9. The molecule has 8 heteroatoms. The molecule has 0 fully saturated rings. The Morgan fingerprint density at radius 1 is 0.964 bits per heavy atom. The van der Waals surface area contributed by atoms with Crippen molar-refractivity contribution in [1.82, 2.24) is 25.7 Å². The molecular weight excluding hydrogens is 358 g/mol. The minimum absolute atomic E-state index is 0.302. The summed E-state index contributed by atoms with van der Waals surface area (Å²) >= 11 is 0. The van der Waals surface area contributed by atoms with Crippen molar-refractivity contribution < 1.29 is 14.3 Å². The van der Waals surface area contributed by atoms with E-state index in [-0.39, 0.29) is 11.2 Å². The first-order valence-electron chi connectivity index (χ1n) is 9.35. The Labute approximate surface area is 166 Å². The first-order chi connectivity index (χ1) is 13.2. The van der Waals surface area contributed by atoms with Crippen molar-refractivity contribution in [3.63, 3.8) is 0 Å². The lowest BCUT2D eigenvalue weighted by Gasteiger charge is -2.30. The number of hydrogen-bond acceptors (Lipinski definition) is 7. The van der Waals surface area contributed by atoms with Crippen LogP contribution in [0.1, 0.15) is 46.4 Å². The number of carbonyl (C=O) groups excluding carboxylic acids is 1. The van der Waals surface area contributed by atoms with E-state index < -0.39 is 0 Å². The van der Waals surface area contributed by atoms with Gasteiger partial charge in [0.05, 0.1) is 12.2 Å². The van der Waals surface area contributed by atoms with Gasteiger partial charge in [0, 0.05) is 18.5 Å². The molecule has 0 aliphatic carbocycles. The number of benzene rings is 1. The molecule has 1 heterocycles. The topological polar surface area (TPSA) is 99.1 Å². The Morgan fingerprint density at radius 3 is 2.21 bits per heavy atom. The monoisotopic (exact) mass is 387 g/mol. The fourth-order valence-electron chi connectivity index (χ4n) is 2.51. The fourth-order valence-corrected chi connectivity index (χ4v) is 2.51. The van der Waals surface area contributed by atoms with Gasteiger partial charge in [0.25, 0.3) is 0 Å². The molecule has 0 saturated heterocycles. The van der Waals surface area contributed by atoms with Gasteiger partial charge in [-0.25, -0.2) is 0 Å². The molecule has 1 amide bonds. The van der Waals surface area contributed by atoms with Gasteiger partial charge in [-0.2, -0.15) is 0 Å². The fraction of sp³-hybridized carbons (Fsp3) is 0.550. The molecule has 0 bridgehead atoms. The minimum Gasteiger partial charge on any atom is -0.488 e. The molecule has 0 aliphatic heterocycles. The first kappa shape index (κ1) is 21.7. The van der Waals surface area contributed by atoms with E-state index in [0.29, 0.717) is 31.2 Å². The Balaban J connectivity index is 1.85. The zero-order valence-electron chi connectivity index (χ0n) is 17.2. The number of amides is 1. The van der Waals surface area contributed by atoms with Crippen LogP contribution in [0.15, 0.2) is 24.3 Å². The highest BCUT2D eigenvalue weighted by Crippen LogP contribution is 2.25. The summed E-state index contributed by atoms with van der Waals surface area (Å²) in [7, 11) is 0. The standard InChI is InChI=1S/C20H29N5O3/c1-15-22-24-18(25-23-15)16-6-8-17(9-7-16)28-20(4,5)11-13-27-19(2,3)10-12-21-14-26/h6-9,14H,10-13H2,1-5H3,(H,21,26). The molecule has 0 saturated carbocycles. The third-order valence-corrected chi connectivity index (χ3v) is 4.24. The lowest BCUT2D eigenvalue weighted by atomic mass is 10.0. The van der Waals surface area contributed by atoms with Gasteiger partial charge in [-0.15, -0.1) is 20.4 Å². The average Bonchev–Trinajstić information content (AvgIpc) is 2.62. The van der Waals surface area contributed by atoms with Crippen LogP contribution in [0.25, 0.3) is 11.4 Å². The lowest BCUT2D eigenvalue weighted by Crippen LogP contribution is -2.34. The van der Waals surface area contributed by atoms with Gasteiger partial charge in [0.15, 0.2) is 5.82 Å². The van der Waals surface area contributed by atoms with E-state index in [1.807, 2.05) is 52.0 Å². The summed E-state index contributed by atoms with van der Waals surface area (Å²) in [6, 6.07) is 7.55. The predicted molar refractivity (Wildman–Crippen MR) is 106 cm³/mol. The van der Waals surface area contributed by atoms with Gasteiger partial charge >= 0.3 is 0 Å². The Morgan fingerprint density at radius 2 is 1.61 bits per heavy atom. The molecule has 8 nitrogen and oxygen atoms in total. The minimum atomic E-state index is -0.387. The van der Waals surface area contributed by atoms with Gasteiger partial charge < -0.3 is 14.8 Å². The molecule has 1 N–H and O–H groups in total. The maximum atomic E-state index is 10.3. The summed E-state index contributed by atoms with van der Waals surface area (Å²) in [5, 5.41) is 18.6. The van der Waals surface area contributed by atoms with Gasteiger partial charge in [-0.1, -0.05) is 0 Å². The van der Waals surface area contributed by atoms with Gasteiger partial charge in [-0.3, -0.25) is 4.79 Å². The highest BCUT2D eigenvalue weighted by atomic mass is 16.5. The predicted octanol–water partition coefficient (Wildman–Crippen LogP) is 2.72. The summed E-state index contributed by atoms with van der Waals surface area (Å²) in [5.74, 6) is 1.78. The van der Waals surface area contributed by atoms with Gasteiger partial charge in [0.1, 0.15) is 11.4 Å². The number of carbonyl (C=O) groups is 1. The lowest BCUT2D eigenvalue weighted by molar-refractivity contribution is -0.109. The Kier molecular flexibility index (Phi) is 7.39. The van der Waals surface area contributed by atoms with Crippen molar-refractivity contribution in [1.29, 1.82) is 0 Å². The maximum absolute atomic E-state index is 10.3. The largest absolute Gasteiger partial charge is 0.488 e. The van der Waals surface area contributed by atoms with Crippen LogP contribution in [-0.2, 0) is 9.53 Å². The molecule has 1 aromatic heterocycles. The van der Waals surface area contributed by atoms with Crippen LogP contribution >= 0.6 is 0 Å². The molecule has 0 atom stereocenters. The number of aromatic nitrogens is 4. The van der Waals surface area contributed by atoms with Crippen LogP contribution in [0.3, 0.4) is 0 Å². The zero-order valence-corrected chi connectivity index (χ0v) is 17.2. The van der Waals surface area contributed by atoms with E-state index in [0.717, 1.165) is 24.2 Å². The van der Waals surface area contributed by atoms with Crippen molar-refractivity contribution in [2.24, 2.45) is 0 Å². The number of rotatable bonds is 11. The van der Waals surface area contributed by atoms with Crippen LogP contribution < -0.4 is 10.1 Å². The quantitative estimate of drug-likeness (QED) is 0.467. The second kappa shape index (κ2) is 9.54. The SMILES string of the molecule is Cc1nnc(-c2ccc(OC(C)(C)CCOC(C)(C)CCNC=O)cc2)nn1. The van der Waals surface area contributed by atoms with Crippen LogP contribution in [0.4, 0.5) is 0 Å². The van der Waals surface area contributed by atoms with E-state index >= 15 is 0 Å². The van der Waals surface area contributed by atoms with E-state index in [1.54, 1.807) is 6.92 Å². The maximum Gasteiger partial charge on any atom is 0.207 e. The van der Waals surface area contributed by atoms with Crippen molar-refractivity contribution >= 4 is 6.41 Å². The molecule has 28 heavy (non-hydrogen) atoms. The Bertz CT molecular complexity index is 745. The Hall–Kier alpha value is -2.61. The number of nitrogens with zero attached hydrogens (tertiary/aromatic N) is 4. The van der Waals surface area contributed by atoms with E-state index in [2.05, 4.69) is 25.7 Å². The summed E-state index contributed by atoms with van der Waals surface area (Å²) in [6.07, 6.45) is 2.18. The summed E-state index contributed by atoms with van der Waals surface area (Å²) < 4.78 is 12.1. The smallest absolute Gasteiger partial charge is 0.207 e. The molecular formula is C20H29N5O3. The van der Waals surface area contributed by atoms with Crippen LogP contribution in [0, 0.1) is 6.92 Å². The van der Waals surface area contributed by atoms with Crippen molar-refractivity contribution in [3.8, 4) is 17.1 Å². The molecule has 0 spiro atoms. The highest BCUT2D eigenvalue weighted by Gasteiger charge is 2.23. The highest BCUT2D eigenvalue weighted by molar-refractivity contribution is 5.55. The van der Waals surface area contributed by atoms with E-state index in [9.17, 15) is 4.79 Å². The van der Waals surface area contributed by atoms with Crippen LogP contribution in [-0.4, -0.2) is 51.2 Å². The van der Waals surface area contributed by atoms with Gasteiger partial charge in [-0.05, 0) is 65.3 Å². The van der Waals surface area contributed by atoms with E-state index in [1.165, 1.54) is 0 Å². The third kappa shape index (κ3) is 7.19. The first-order valence-corrected chi connectivity index (χ1v) is 9.35. The second-order valence-electron chi connectivity index (χ2n) is 7.84. The summed E-state index contributed by atoms with van der Waals surface area (Å²) in [5.41, 5.74) is 0.144. The molecule has 0 aliphatic rings. The summed E-state index contributed by atoms with van der Waals surface area (Å²) in [4.78, 5) is 10.3. The molecule has 0 unspecified atom stereocenters. The number of nitrogens with one attached hydrogen (secondary N) is 1. The van der Waals surface area contributed by atoms with Crippen molar-refractivity contribution in [2.45, 2.75) is 58.7 Å². The molecule has 0 radical (unpaired) electrons. The zero-order chi connectivity index (χ0) is 20.6. The molecule has 2 rings (SSSR count). The molecule has 1 aromatic carbocycles. The van der Waals surface area contributed by atoms with Crippen LogP contribution in [0.2, 0.25) is 0 Å². The van der Waals surface area contributed by atoms with Crippen molar-refractivity contribution in [3.05, 3.63) is 30.1 Å². The second-order valence-corrected chi connectivity index (χ2v) is 7.84. The van der Waals surface area contributed by atoms with Crippen LogP contribution in [0.5, 0.6) is 5.75 Å². The third-order valence-electron chi connectivity index (χ3n) is 4.24. The number of hydrogen-bond donors (Lipinski definition) is 1. The summed E-state index contributed by atoms with van der Waals surface area (Å²) in [6.45, 7) is 11.0. The average molecular weight is 387 g/mol. The van der Waals surface area contributed by atoms with Crippen molar-refractivity contribution in [2.75, 3.05) is 13.2 Å². The van der Waals surface area contributed by atoms with Gasteiger partial charge in [0.2, 0.25) is 12.2 Å². The number of ether oxygens (including phenoxy) is 2. The van der Waals surface area contributed by atoms with E-state index in [4.69, 9.17) is 9.47 Å². The number of aryl methyl sites for hydroxylation is 1. The molecule has 2 aromatic rings.